The second-order valence-electron chi connectivity index (χ2n) is 6.94. The highest BCUT2D eigenvalue weighted by molar-refractivity contribution is 5.59. The van der Waals surface area contributed by atoms with E-state index in [0.29, 0.717) is 24.0 Å². The van der Waals surface area contributed by atoms with E-state index >= 15 is 0 Å². The van der Waals surface area contributed by atoms with Gasteiger partial charge in [0.25, 0.3) is 0 Å². The SMILES string of the molecule is CC(O)c1nccn1Cc1cc(-c2ccc(C#CC3CC(O)C3)cc2)on1. The Hall–Kier alpha value is -2.88. The van der Waals surface area contributed by atoms with Gasteiger partial charge in [0.15, 0.2) is 5.76 Å². The van der Waals surface area contributed by atoms with Crippen molar-refractivity contribution < 1.29 is 14.7 Å². The minimum atomic E-state index is -0.636. The average Bonchev–Trinajstić information content (AvgIpc) is 3.28. The summed E-state index contributed by atoms with van der Waals surface area (Å²) in [5.41, 5.74) is 2.64. The molecule has 138 valence electrons. The summed E-state index contributed by atoms with van der Waals surface area (Å²) in [5, 5.41) is 23.2. The number of hydrogen-bond donors (Lipinski definition) is 2. The van der Waals surface area contributed by atoms with Crippen molar-refractivity contribution in [1.82, 2.24) is 14.7 Å². The third-order valence-electron chi connectivity index (χ3n) is 4.72. The van der Waals surface area contributed by atoms with Crippen molar-refractivity contribution in [2.24, 2.45) is 5.92 Å². The highest BCUT2D eigenvalue weighted by atomic mass is 16.5. The van der Waals surface area contributed by atoms with Crippen molar-refractivity contribution >= 4 is 0 Å². The lowest BCUT2D eigenvalue weighted by Gasteiger charge is -2.26. The molecule has 1 atom stereocenters. The Labute approximate surface area is 157 Å². The Morgan fingerprint density at radius 1 is 1.30 bits per heavy atom. The number of nitrogens with zero attached hydrogens (tertiary/aromatic N) is 3. The minimum Gasteiger partial charge on any atom is -0.393 e. The van der Waals surface area contributed by atoms with Crippen molar-refractivity contribution in [3.8, 4) is 23.2 Å². The second kappa shape index (κ2) is 7.39. The van der Waals surface area contributed by atoms with Crippen molar-refractivity contribution in [3.63, 3.8) is 0 Å². The van der Waals surface area contributed by atoms with Crippen molar-refractivity contribution in [2.45, 2.75) is 38.5 Å². The molecule has 0 bridgehead atoms. The zero-order valence-electron chi connectivity index (χ0n) is 15.0. The summed E-state index contributed by atoms with van der Waals surface area (Å²) in [7, 11) is 0. The van der Waals surface area contributed by atoms with E-state index in [1.807, 2.05) is 41.1 Å². The average molecular weight is 363 g/mol. The molecule has 0 amide bonds. The third-order valence-corrected chi connectivity index (χ3v) is 4.72. The van der Waals surface area contributed by atoms with Gasteiger partial charge in [0.1, 0.15) is 17.6 Å². The summed E-state index contributed by atoms with van der Waals surface area (Å²) in [6, 6.07) is 9.73. The van der Waals surface area contributed by atoms with Crippen molar-refractivity contribution in [2.75, 3.05) is 0 Å². The first-order chi connectivity index (χ1) is 13.1. The van der Waals surface area contributed by atoms with E-state index in [0.717, 1.165) is 29.7 Å². The molecule has 2 N–H and O–H groups in total. The quantitative estimate of drug-likeness (QED) is 0.697. The molecular weight excluding hydrogens is 342 g/mol. The van der Waals surface area contributed by atoms with Gasteiger partial charge in [-0.3, -0.25) is 0 Å². The predicted octanol–water partition coefficient (Wildman–Crippen LogP) is 2.76. The molecule has 6 heteroatoms. The molecule has 2 heterocycles. The van der Waals surface area contributed by atoms with Gasteiger partial charge in [0, 0.05) is 35.5 Å². The Morgan fingerprint density at radius 3 is 2.78 bits per heavy atom. The molecule has 1 aliphatic carbocycles. The fourth-order valence-electron chi connectivity index (χ4n) is 3.13. The van der Waals surface area contributed by atoms with Crippen molar-refractivity contribution in [1.29, 1.82) is 0 Å². The van der Waals surface area contributed by atoms with Gasteiger partial charge in [-0.2, -0.15) is 0 Å². The number of aliphatic hydroxyl groups is 2. The first-order valence-corrected chi connectivity index (χ1v) is 9.03. The van der Waals surface area contributed by atoms with Crippen LogP contribution in [-0.4, -0.2) is 31.0 Å². The van der Waals surface area contributed by atoms with E-state index < -0.39 is 6.10 Å². The molecule has 2 aromatic heterocycles. The topological polar surface area (TPSA) is 84.3 Å². The summed E-state index contributed by atoms with van der Waals surface area (Å²) in [5.74, 6) is 7.94. The smallest absolute Gasteiger partial charge is 0.167 e. The predicted molar refractivity (Wildman–Crippen MR) is 99.5 cm³/mol. The monoisotopic (exact) mass is 363 g/mol. The van der Waals surface area contributed by atoms with Gasteiger partial charge < -0.3 is 19.3 Å². The van der Waals surface area contributed by atoms with Crippen LogP contribution in [0.4, 0.5) is 0 Å². The van der Waals surface area contributed by atoms with Crippen LogP contribution in [-0.2, 0) is 6.54 Å². The number of hydrogen-bond acceptors (Lipinski definition) is 5. The molecule has 1 aromatic carbocycles. The number of imidazole rings is 1. The van der Waals surface area contributed by atoms with E-state index in [-0.39, 0.29) is 6.10 Å². The van der Waals surface area contributed by atoms with Crippen LogP contribution in [0.5, 0.6) is 0 Å². The highest BCUT2D eigenvalue weighted by Gasteiger charge is 2.25. The Morgan fingerprint density at radius 2 is 2.07 bits per heavy atom. The van der Waals surface area contributed by atoms with Gasteiger partial charge in [0.05, 0.1) is 12.6 Å². The van der Waals surface area contributed by atoms with Crippen LogP contribution in [0.25, 0.3) is 11.3 Å². The lowest BCUT2D eigenvalue weighted by Crippen LogP contribution is -2.26. The molecule has 0 spiro atoms. The van der Waals surface area contributed by atoms with E-state index in [1.165, 1.54) is 0 Å². The van der Waals surface area contributed by atoms with Crippen LogP contribution in [0.3, 0.4) is 0 Å². The molecule has 0 saturated heterocycles. The van der Waals surface area contributed by atoms with Crippen LogP contribution in [0.2, 0.25) is 0 Å². The second-order valence-corrected chi connectivity index (χ2v) is 6.94. The maximum Gasteiger partial charge on any atom is 0.167 e. The standard InChI is InChI=1S/C21H21N3O3/c1-14(25)21-22-8-9-24(21)13-18-12-20(27-23-18)17-6-4-15(5-7-17)2-3-16-10-19(26)11-16/h4-9,12,14,16,19,25-26H,10-11,13H2,1H3. The molecule has 0 aliphatic heterocycles. The summed E-state index contributed by atoms with van der Waals surface area (Å²) in [6.45, 7) is 2.17. The van der Waals surface area contributed by atoms with Gasteiger partial charge in [-0.05, 0) is 44.0 Å². The Bertz CT molecular complexity index is 970. The maximum absolute atomic E-state index is 9.74. The van der Waals surface area contributed by atoms with Gasteiger partial charge >= 0.3 is 0 Å². The van der Waals surface area contributed by atoms with E-state index in [4.69, 9.17) is 4.52 Å². The summed E-state index contributed by atoms with van der Waals surface area (Å²) in [6.07, 6.45) is 4.21. The molecule has 3 aromatic rings. The van der Waals surface area contributed by atoms with E-state index in [1.54, 1.807) is 13.1 Å². The van der Waals surface area contributed by atoms with Crippen LogP contribution in [0, 0.1) is 17.8 Å². The molecule has 1 saturated carbocycles. The van der Waals surface area contributed by atoms with E-state index in [2.05, 4.69) is 22.0 Å². The van der Waals surface area contributed by atoms with Crippen molar-refractivity contribution in [3.05, 3.63) is 59.8 Å². The zero-order valence-corrected chi connectivity index (χ0v) is 15.0. The van der Waals surface area contributed by atoms with Crippen LogP contribution in [0.15, 0.2) is 47.2 Å². The fraction of sp³-hybridized carbons (Fsp3) is 0.333. The molecule has 4 rings (SSSR count). The lowest BCUT2D eigenvalue weighted by atomic mass is 9.83. The summed E-state index contributed by atoms with van der Waals surface area (Å²) in [4.78, 5) is 4.16. The summed E-state index contributed by atoms with van der Waals surface area (Å²) < 4.78 is 7.32. The molecule has 6 nitrogen and oxygen atoms in total. The number of aliphatic hydroxyl groups excluding tert-OH is 2. The first-order valence-electron chi connectivity index (χ1n) is 9.03. The maximum atomic E-state index is 9.74. The van der Waals surface area contributed by atoms with Crippen LogP contribution < -0.4 is 0 Å². The van der Waals surface area contributed by atoms with Gasteiger partial charge in [-0.25, -0.2) is 4.98 Å². The number of aromatic nitrogens is 3. The van der Waals surface area contributed by atoms with Gasteiger partial charge in [-0.1, -0.05) is 17.0 Å². The molecule has 1 fully saturated rings. The van der Waals surface area contributed by atoms with Crippen LogP contribution >= 0.6 is 0 Å². The molecule has 0 radical (unpaired) electrons. The first kappa shape index (κ1) is 17.5. The molecule has 27 heavy (non-hydrogen) atoms. The van der Waals surface area contributed by atoms with Crippen LogP contribution in [0.1, 0.15) is 43.0 Å². The molecule has 1 aliphatic rings. The zero-order chi connectivity index (χ0) is 18.8. The largest absolute Gasteiger partial charge is 0.393 e. The molecule has 1 unspecified atom stereocenters. The minimum absolute atomic E-state index is 0.175. The highest BCUT2D eigenvalue weighted by Crippen LogP contribution is 2.26. The number of rotatable bonds is 4. The van der Waals surface area contributed by atoms with E-state index in [9.17, 15) is 10.2 Å². The third kappa shape index (κ3) is 3.95. The molecular formula is C21H21N3O3. The fourth-order valence-corrected chi connectivity index (χ4v) is 3.13. The summed E-state index contributed by atoms with van der Waals surface area (Å²) >= 11 is 0. The lowest BCUT2D eigenvalue weighted by molar-refractivity contribution is 0.0666. The Balaban J connectivity index is 1.44. The van der Waals surface area contributed by atoms with Gasteiger partial charge in [0.2, 0.25) is 0 Å². The normalized spacial score (nSPS) is 19.8. The Kier molecular flexibility index (Phi) is 4.80. The van der Waals surface area contributed by atoms with Gasteiger partial charge in [-0.15, -0.1) is 0 Å². The number of benzene rings is 1.